The highest BCUT2D eigenvalue weighted by atomic mass is 16.7. The highest BCUT2D eigenvalue weighted by molar-refractivity contribution is 5.57. The first kappa shape index (κ1) is 23.5. The van der Waals surface area contributed by atoms with Gasteiger partial charge in [0, 0.05) is 0 Å². The average molecular weight is 360 g/mol. The molecule has 0 aromatic carbocycles. The summed E-state index contributed by atoms with van der Waals surface area (Å²) in [6, 6.07) is 0. The molecule has 6 nitrogen and oxygen atoms in total. The van der Waals surface area contributed by atoms with Gasteiger partial charge in [-0.25, -0.2) is 9.59 Å². The van der Waals surface area contributed by atoms with Crippen LogP contribution in [0.1, 0.15) is 96.8 Å². The number of carboxylic acid groups (broad SMARTS) is 2. The highest BCUT2D eigenvalue weighted by Gasteiger charge is 2.13. The highest BCUT2D eigenvalue weighted by Crippen LogP contribution is 2.16. The summed E-state index contributed by atoms with van der Waals surface area (Å²) in [5, 5.41) is 17.2. The molecule has 0 radical (unpaired) electrons. The summed E-state index contributed by atoms with van der Waals surface area (Å²) in [4.78, 5) is 21.0. The van der Waals surface area contributed by atoms with Crippen molar-refractivity contribution in [1.29, 1.82) is 0 Å². The van der Waals surface area contributed by atoms with Crippen LogP contribution in [0, 0.1) is 0 Å². The molecular weight excluding hydrogens is 324 g/mol. The molecule has 0 aromatic rings. The van der Waals surface area contributed by atoms with Gasteiger partial charge in [0.15, 0.2) is 0 Å². The van der Waals surface area contributed by atoms with Gasteiger partial charge in [-0.2, -0.15) is 0 Å². The van der Waals surface area contributed by atoms with Crippen molar-refractivity contribution in [2.75, 3.05) is 6.61 Å². The number of carbonyl (C=O) groups is 2. The second-order valence-corrected chi connectivity index (χ2v) is 6.59. The Labute approximate surface area is 151 Å². The molecule has 148 valence electrons. The molecular formula is C19H36O6. The molecule has 0 aromatic heterocycles. The van der Waals surface area contributed by atoms with Crippen LogP contribution in [-0.4, -0.2) is 35.2 Å². The standard InChI is InChI=1S/C19H36O6/c1-2-3-4-5-6-8-11-14-17(25-19(22)23)15-12-9-7-10-13-16-24-18(20)21/h17H,2-16H2,1H3,(H,20,21)(H,22,23). The molecule has 0 bridgehead atoms. The minimum atomic E-state index is -1.22. The van der Waals surface area contributed by atoms with E-state index in [-0.39, 0.29) is 12.7 Å². The zero-order valence-corrected chi connectivity index (χ0v) is 15.7. The van der Waals surface area contributed by atoms with Crippen molar-refractivity contribution in [2.45, 2.75) is 103 Å². The second kappa shape index (κ2) is 17.4. The van der Waals surface area contributed by atoms with Gasteiger partial charge in [-0.05, 0) is 32.1 Å². The van der Waals surface area contributed by atoms with E-state index in [2.05, 4.69) is 11.7 Å². The van der Waals surface area contributed by atoms with E-state index in [1.54, 1.807) is 0 Å². The van der Waals surface area contributed by atoms with Crippen LogP contribution in [0.2, 0.25) is 0 Å². The number of hydrogen-bond donors (Lipinski definition) is 2. The molecule has 0 saturated heterocycles. The summed E-state index contributed by atoms with van der Waals surface area (Å²) in [6.45, 7) is 2.45. The van der Waals surface area contributed by atoms with Gasteiger partial charge in [0.05, 0.1) is 6.61 Å². The van der Waals surface area contributed by atoms with Crippen molar-refractivity contribution in [3.8, 4) is 0 Å². The van der Waals surface area contributed by atoms with Crippen molar-refractivity contribution in [3.63, 3.8) is 0 Å². The van der Waals surface area contributed by atoms with E-state index < -0.39 is 12.3 Å². The van der Waals surface area contributed by atoms with Gasteiger partial charge in [-0.3, -0.25) is 0 Å². The molecule has 0 aliphatic heterocycles. The van der Waals surface area contributed by atoms with E-state index in [9.17, 15) is 9.59 Å². The molecule has 0 amide bonds. The van der Waals surface area contributed by atoms with E-state index in [1.807, 2.05) is 0 Å². The average Bonchev–Trinajstić information content (AvgIpc) is 2.55. The molecule has 0 aliphatic rings. The number of rotatable bonds is 17. The zero-order chi connectivity index (χ0) is 18.8. The summed E-state index contributed by atoms with van der Waals surface area (Å²) in [5.74, 6) is 0. The van der Waals surface area contributed by atoms with Crippen molar-refractivity contribution >= 4 is 12.3 Å². The monoisotopic (exact) mass is 360 g/mol. The molecule has 2 N–H and O–H groups in total. The van der Waals surface area contributed by atoms with Gasteiger partial charge < -0.3 is 19.7 Å². The fourth-order valence-electron chi connectivity index (χ4n) is 2.90. The fourth-order valence-corrected chi connectivity index (χ4v) is 2.90. The minimum Gasteiger partial charge on any atom is -0.450 e. The Morgan fingerprint density at radius 2 is 1.20 bits per heavy atom. The third-order valence-electron chi connectivity index (χ3n) is 4.29. The van der Waals surface area contributed by atoms with E-state index in [0.717, 1.165) is 57.8 Å². The Hall–Kier alpha value is -1.46. The van der Waals surface area contributed by atoms with Crippen LogP contribution in [0.5, 0.6) is 0 Å². The molecule has 0 spiro atoms. The molecule has 25 heavy (non-hydrogen) atoms. The molecule has 0 heterocycles. The van der Waals surface area contributed by atoms with Gasteiger partial charge in [0.2, 0.25) is 0 Å². The van der Waals surface area contributed by atoms with Crippen molar-refractivity contribution in [1.82, 2.24) is 0 Å². The Morgan fingerprint density at radius 3 is 1.68 bits per heavy atom. The lowest BCUT2D eigenvalue weighted by molar-refractivity contribution is 0.0421. The maximum Gasteiger partial charge on any atom is 0.506 e. The first-order valence-electron chi connectivity index (χ1n) is 9.81. The van der Waals surface area contributed by atoms with E-state index in [1.165, 1.54) is 32.1 Å². The van der Waals surface area contributed by atoms with Crippen LogP contribution in [0.15, 0.2) is 0 Å². The normalized spacial score (nSPS) is 11.9. The molecule has 0 aliphatic carbocycles. The Balaban J connectivity index is 3.64. The summed E-state index contributed by atoms with van der Waals surface area (Å²) in [6.07, 6.45) is 12.1. The third-order valence-corrected chi connectivity index (χ3v) is 4.29. The number of ether oxygens (including phenoxy) is 2. The van der Waals surface area contributed by atoms with Gasteiger partial charge >= 0.3 is 12.3 Å². The predicted molar refractivity (Wildman–Crippen MR) is 97.2 cm³/mol. The molecule has 0 saturated carbocycles. The first-order chi connectivity index (χ1) is 12.1. The quantitative estimate of drug-likeness (QED) is 0.236. The lowest BCUT2D eigenvalue weighted by Gasteiger charge is -2.15. The lowest BCUT2D eigenvalue weighted by atomic mass is 10.0. The van der Waals surface area contributed by atoms with E-state index in [0.29, 0.717) is 0 Å². The van der Waals surface area contributed by atoms with Gasteiger partial charge in [-0.15, -0.1) is 0 Å². The van der Waals surface area contributed by atoms with Crippen LogP contribution in [-0.2, 0) is 9.47 Å². The zero-order valence-electron chi connectivity index (χ0n) is 15.7. The van der Waals surface area contributed by atoms with Gasteiger partial charge in [0.25, 0.3) is 0 Å². The van der Waals surface area contributed by atoms with Crippen LogP contribution in [0.25, 0.3) is 0 Å². The van der Waals surface area contributed by atoms with E-state index >= 15 is 0 Å². The van der Waals surface area contributed by atoms with Crippen LogP contribution in [0.3, 0.4) is 0 Å². The second-order valence-electron chi connectivity index (χ2n) is 6.59. The molecule has 1 atom stereocenters. The topological polar surface area (TPSA) is 93.1 Å². The van der Waals surface area contributed by atoms with Crippen LogP contribution < -0.4 is 0 Å². The van der Waals surface area contributed by atoms with E-state index in [4.69, 9.17) is 14.9 Å². The van der Waals surface area contributed by atoms with Gasteiger partial charge in [-0.1, -0.05) is 64.7 Å². The molecule has 1 unspecified atom stereocenters. The summed E-state index contributed by atoms with van der Waals surface area (Å²) in [5.41, 5.74) is 0. The Morgan fingerprint density at radius 1 is 0.720 bits per heavy atom. The molecule has 0 rings (SSSR count). The Kier molecular flexibility index (Phi) is 16.4. The maximum atomic E-state index is 10.8. The van der Waals surface area contributed by atoms with Crippen molar-refractivity contribution in [2.24, 2.45) is 0 Å². The SMILES string of the molecule is CCCCCCCCCC(CCCCCCCOC(=O)O)OC(=O)O. The van der Waals surface area contributed by atoms with Crippen LogP contribution >= 0.6 is 0 Å². The van der Waals surface area contributed by atoms with Crippen LogP contribution in [0.4, 0.5) is 9.59 Å². The summed E-state index contributed by atoms with van der Waals surface area (Å²) >= 11 is 0. The maximum absolute atomic E-state index is 10.8. The third kappa shape index (κ3) is 18.7. The first-order valence-corrected chi connectivity index (χ1v) is 9.81. The largest absolute Gasteiger partial charge is 0.506 e. The molecule has 0 fully saturated rings. The number of unbranched alkanes of at least 4 members (excludes halogenated alkanes) is 10. The minimum absolute atomic E-state index is 0.191. The Bertz CT molecular complexity index is 332. The summed E-state index contributed by atoms with van der Waals surface area (Å²) in [7, 11) is 0. The van der Waals surface area contributed by atoms with Gasteiger partial charge in [0.1, 0.15) is 6.10 Å². The number of hydrogen-bond acceptors (Lipinski definition) is 4. The lowest BCUT2D eigenvalue weighted by Crippen LogP contribution is -2.16. The molecule has 6 heteroatoms. The smallest absolute Gasteiger partial charge is 0.450 e. The fraction of sp³-hybridized carbons (Fsp3) is 0.895. The van der Waals surface area contributed by atoms with Crippen molar-refractivity contribution < 1.29 is 29.3 Å². The summed E-state index contributed by atoms with van der Waals surface area (Å²) < 4.78 is 9.45. The predicted octanol–water partition coefficient (Wildman–Crippen LogP) is 6.23. The van der Waals surface area contributed by atoms with Crippen molar-refractivity contribution in [3.05, 3.63) is 0 Å².